The second-order valence-corrected chi connectivity index (χ2v) is 6.79. The first-order chi connectivity index (χ1) is 12.1. The molecule has 0 N–H and O–H groups in total. The van der Waals surface area contributed by atoms with Crippen molar-refractivity contribution in [2.24, 2.45) is 5.92 Å². The summed E-state index contributed by atoms with van der Waals surface area (Å²) in [6.07, 6.45) is 2.08. The Balaban J connectivity index is 1.77. The number of nitrogens with zero attached hydrogens (tertiary/aromatic N) is 2. The van der Waals surface area contributed by atoms with Gasteiger partial charge in [0.2, 0.25) is 0 Å². The van der Waals surface area contributed by atoms with Crippen LogP contribution in [0.25, 0.3) is 0 Å². The summed E-state index contributed by atoms with van der Waals surface area (Å²) in [5.41, 5.74) is 1.81. The lowest BCUT2D eigenvalue weighted by atomic mass is 9.98. The predicted octanol–water partition coefficient (Wildman–Crippen LogP) is 3.86. The second kappa shape index (κ2) is 5.99. The average Bonchev–Trinajstić information content (AvgIpc) is 2.87. The third-order valence-corrected chi connectivity index (χ3v) is 5.10. The number of hydrogen-bond acceptors (Lipinski definition) is 3. The summed E-state index contributed by atoms with van der Waals surface area (Å²) in [6.45, 7) is 3.89. The van der Waals surface area contributed by atoms with Crippen molar-refractivity contribution >= 4 is 23.2 Å². The molecule has 4 nitrogen and oxygen atoms in total. The predicted molar refractivity (Wildman–Crippen MR) is 94.6 cm³/mol. The third-order valence-electron chi connectivity index (χ3n) is 5.10. The van der Waals surface area contributed by atoms with Crippen LogP contribution < -0.4 is 9.80 Å². The van der Waals surface area contributed by atoms with E-state index in [2.05, 4.69) is 11.8 Å². The Morgan fingerprint density at radius 3 is 2.12 bits per heavy atom. The minimum absolute atomic E-state index is 0.334. The van der Waals surface area contributed by atoms with Crippen LogP contribution in [0.5, 0.6) is 0 Å². The van der Waals surface area contributed by atoms with Gasteiger partial charge >= 0.3 is 0 Å². The normalized spacial score (nSPS) is 18.0. The average molecular weight is 338 g/mol. The quantitative estimate of drug-likeness (QED) is 0.781. The van der Waals surface area contributed by atoms with Crippen molar-refractivity contribution in [1.29, 1.82) is 0 Å². The Hall–Kier alpha value is -2.69. The van der Waals surface area contributed by atoms with Gasteiger partial charge in [-0.3, -0.25) is 9.59 Å². The summed E-state index contributed by atoms with van der Waals surface area (Å²) >= 11 is 0. The van der Waals surface area contributed by atoms with Gasteiger partial charge in [-0.15, -0.1) is 0 Å². The number of imide groups is 1. The largest absolute Gasteiger partial charge is 0.370 e. The molecule has 2 aliphatic heterocycles. The number of rotatable bonds is 2. The minimum atomic E-state index is -0.458. The van der Waals surface area contributed by atoms with E-state index in [1.54, 1.807) is 30.3 Å². The summed E-state index contributed by atoms with van der Waals surface area (Å²) in [5, 5.41) is 0. The first-order valence-electron chi connectivity index (χ1n) is 8.58. The van der Waals surface area contributed by atoms with Crippen molar-refractivity contribution in [3.63, 3.8) is 0 Å². The molecule has 4 rings (SSSR count). The molecule has 0 radical (unpaired) electrons. The standard InChI is InChI=1S/C20H19FN2O2/c1-13-8-10-22(11-9-13)17-7-6-14(21)12-18(17)23-19(24)15-4-2-3-5-16(15)20(23)25/h2-7,12-13H,8-11H2,1H3. The van der Waals surface area contributed by atoms with E-state index < -0.39 is 17.6 Å². The van der Waals surface area contributed by atoms with Crippen LogP contribution in [0.2, 0.25) is 0 Å². The smallest absolute Gasteiger partial charge is 0.266 e. The van der Waals surface area contributed by atoms with Crippen LogP contribution in [-0.4, -0.2) is 24.9 Å². The highest BCUT2D eigenvalue weighted by Crippen LogP contribution is 2.37. The number of carbonyl (C=O) groups is 2. The Morgan fingerprint density at radius 2 is 1.52 bits per heavy atom. The maximum Gasteiger partial charge on any atom is 0.266 e. The Bertz CT molecular complexity index is 822. The molecule has 2 aromatic rings. The molecule has 2 aliphatic rings. The van der Waals surface area contributed by atoms with E-state index in [1.165, 1.54) is 12.1 Å². The van der Waals surface area contributed by atoms with Crippen LogP contribution in [0.1, 0.15) is 40.5 Å². The van der Waals surface area contributed by atoms with E-state index >= 15 is 0 Å². The Kier molecular flexibility index (Phi) is 3.79. The summed E-state index contributed by atoms with van der Waals surface area (Å²) in [5.74, 6) is -0.587. The molecule has 0 unspecified atom stereocenters. The zero-order valence-corrected chi connectivity index (χ0v) is 14.0. The number of anilines is 2. The molecular weight excluding hydrogens is 319 g/mol. The maximum atomic E-state index is 13.9. The number of hydrogen-bond donors (Lipinski definition) is 0. The van der Waals surface area contributed by atoms with E-state index in [0.717, 1.165) is 36.5 Å². The van der Waals surface area contributed by atoms with Gasteiger partial charge < -0.3 is 4.90 Å². The van der Waals surface area contributed by atoms with Gasteiger partial charge in [0, 0.05) is 19.2 Å². The highest BCUT2D eigenvalue weighted by Gasteiger charge is 2.38. The number of piperidine rings is 1. The Labute approximate surface area is 145 Å². The first kappa shape index (κ1) is 15.8. The highest BCUT2D eigenvalue weighted by atomic mass is 19.1. The van der Waals surface area contributed by atoms with Crippen LogP contribution in [0.3, 0.4) is 0 Å². The summed E-state index contributed by atoms with van der Waals surface area (Å²) < 4.78 is 13.9. The molecule has 0 spiro atoms. The van der Waals surface area contributed by atoms with Gasteiger partial charge in [-0.2, -0.15) is 0 Å². The van der Waals surface area contributed by atoms with Crippen LogP contribution in [0.4, 0.5) is 15.8 Å². The van der Waals surface area contributed by atoms with Crippen molar-refractivity contribution in [3.8, 4) is 0 Å². The van der Waals surface area contributed by atoms with Crippen molar-refractivity contribution in [2.45, 2.75) is 19.8 Å². The van der Waals surface area contributed by atoms with Crippen LogP contribution in [0.15, 0.2) is 42.5 Å². The van der Waals surface area contributed by atoms with E-state index in [1.807, 2.05) is 0 Å². The molecule has 1 fully saturated rings. The first-order valence-corrected chi connectivity index (χ1v) is 8.58. The van der Waals surface area contributed by atoms with Crippen molar-refractivity contribution in [2.75, 3.05) is 22.9 Å². The van der Waals surface area contributed by atoms with Gasteiger partial charge in [-0.1, -0.05) is 19.1 Å². The SMILES string of the molecule is CC1CCN(c2ccc(F)cc2N2C(=O)c3ccccc3C2=O)CC1. The summed E-state index contributed by atoms with van der Waals surface area (Å²) in [4.78, 5) is 28.8. The van der Waals surface area contributed by atoms with Gasteiger partial charge in [-0.05, 0) is 43.0 Å². The molecule has 0 aromatic heterocycles. The number of fused-ring (bicyclic) bond motifs is 1. The van der Waals surface area contributed by atoms with E-state index in [4.69, 9.17) is 0 Å². The summed E-state index contributed by atoms with van der Waals surface area (Å²) in [6, 6.07) is 11.1. The minimum Gasteiger partial charge on any atom is -0.370 e. The molecule has 0 atom stereocenters. The van der Waals surface area contributed by atoms with Gasteiger partial charge in [0.15, 0.2) is 0 Å². The fraction of sp³-hybridized carbons (Fsp3) is 0.300. The monoisotopic (exact) mass is 338 g/mol. The molecule has 25 heavy (non-hydrogen) atoms. The molecule has 1 saturated heterocycles. The lowest BCUT2D eigenvalue weighted by molar-refractivity contribution is 0.0926. The zero-order valence-electron chi connectivity index (χ0n) is 14.0. The van der Waals surface area contributed by atoms with Crippen LogP contribution >= 0.6 is 0 Å². The van der Waals surface area contributed by atoms with Gasteiger partial charge in [-0.25, -0.2) is 9.29 Å². The highest BCUT2D eigenvalue weighted by molar-refractivity contribution is 6.35. The molecule has 0 aliphatic carbocycles. The topological polar surface area (TPSA) is 40.6 Å². The van der Waals surface area contributed by atoms with Gasteiger partial charge in [0.05, 0.1) is 22.5 Å². The van der Waals surface area contributed by atoms with E-state index in [0.29, 0.717) is 22.7 Å². The molecule has 5 heteroatoms. The Morgan fingerprint density at radius 1 is 0.920 bits per heavy atom. The fourth-order valence-corrected chi connectivity index (χ4v) is 3.60. The number of halogens is 1. The fourth-order valence-electron chi connectivity index (χ4n) is 3.60. The number of amides is 2. The third kappa shape index (κ3) is 2.60. The lowest BCUT2D eigenvalue weighted by Gasteiger charge is -2.34. The van der Waals surface area contributed by atoms with Crippen LogP contribution in [-0.2, 0) is 0 Å². The second-order valence-electron chi connectivity index (χ2n) is 6.79. The molecule has 2 heterocycles. The zero-order chi connectivity index (χ0) is 17.6. The van der Waals surface area contributed by atoms with Gasteiger partial charge in [0.1, 0.15) is 5.82 Å². The molecule has 2 amide bonds. The van der Waals surface area contributed by atoms with E-state index in [9.17, 15) is 14.0 Å². The summed E-state index contributed by atoms with van der Waals surface area (Å²) in [7, 11) is 0. The number of benzene rings is 2. The number of carbonyl (C=O) groups excluding carboxylic acids is 2. The van der Waals surface area contributed by atoms with Crippen LogP contribution in [0, 0.1) is 11.7 Å². The molecular formula is C20H19FN2O2. The van der Waals surface area contributed by atoms with Crippen molar-refractivity contribution < 1.29 is 14.0 Å². The molecule has 0 bridgehead atoms. The van der Waals surface area contributed by atoms with Crippen molar-refractivity contribution in [1.82, 2.24) is 0 Å². The molecule has 0 saturated carbocycles. The van der Waals surface area contributed by atoms with E-state index in [-0.39, 0.29) is 0 Å². The maximum absolute atomic E-state index is 13.9. The lowest BCUT2D eigenvalue weighted by Crippen LogP contribution is -2.36. The molecule has 128 valence electrons. The van der Waals surface area contributed by atoms with Gasteiger partial charge in [0.25, 0.3) is 11.8 Å². The molecule has 2 aromatic carbocycles. The van der Waals surface area contributed by atoms with Crippen molar-refractivity contribution in [3.05, 3.63) is 59.4 Å².